The van der Waals surface area contributed by atoms with Crippen LogP contribution in [0.2, 0.25) is 0 Å². The smallest absolute Gasteiger partial charge is 0.334 e. The summed E-state index contributed by atoms with van der Waals surface area (Å²) in [7, 11) is 0. The van der Waals surface area contributed by atoms with E-state index in [1.807, 2.05) is 0 Å². The van der Waals surface area contributed by atoms with Gasteiger partial charge in [0.25, 0.3) is 5.91 Å². The lowest BCUT2D eigenvalue weighted by Crippen LogP contribution is -2.39. The zero-order valence-electron chi connectivity index (χ0n) is 12.8. The molecule has 0 unspecified atom stereocenters. The number of carbonyl (C=O) groups is 1. The van der Waals surface area contributed by atoms with Gasteiger partial charge < -0.3 is 10.6 Å². The van der Waals surface area contributed by atoms with E-state index in [1.165, 1.54) is 12.1 Å². The number of halogens is 3. The largest absolute Gasteiger partial charge is 0.433 e. The fourth-order valence-electron chi connectivity index (χ4n) is 3.01. The van der Waals surface area contributed by atoms with Crippen molar-refractivity contribution in [2.45, 2.75) is 25.1 Å². The van der Waals surface area contributed by atoms with Crippen LogP contribution in [-0.4, -0.2) is 39.7 Å². The molecule has 5 nitrogen and oxygen atoms in total. The predicted molar refractivity (Wildman–Crippen MR) is 81.7 cm³/mol. The van der Waals surface area contributed by atoms with E-state index in [2.05, 4.69) is 5.10 Å². The van der Waals surface area contributed by atoms with E-state index in [4.69, 9.17) is 5.73 Å². The molecule has 1 aromatic carbocycles. The first-order valence-corrected chi connectivity index (χ1v) is 7.64. The van der Waals surface area contributed by atoms with Gasteiger partial charge in [-0.15, -0.1) is 0 Å². The van der Waals surface area contributed by atoms with Crippen LogP contribution in [0, 0.1) is 0 Å². The Morgan fingerprint density at radius 3 is 2.83 bits per heavy atom. The average Bonchev–Trinajstić information content (AvgIpc) is 3.22. The third-order valence-corrected chi connectivity index (χ3v) is 4.18. The minimum atomic E-state index is -4.52. The molecule has 2 N–H and O–H groups in total. The summed E-state index contributed by atoms with van der Waals surface area (Å²) in [5.41, 5.74) is 5.33. The molecule has 3 rings (SSSR count). The van der Waals surface area contributed by atoms with Crippen LogP contribution in [0.25, 0.3) is 5.69 Å². The van der Waals surface area contributed by atoms with Crippen LogP contribution in [0.5, 0.6) is 0 Å². The third-order valence-electron chi connectivity index (χ3n) is 4.18. The number of rotatable bonds is 3. The monoisotopic (exact) mass is 338 g/mol. The van der Waals surface area contributed by atoms with Crippen molar-refractivity contribution in [1.29, 1.82) is 0 Å². The minimum Gasteiger partial charge on any atom is -0.334 e. The highest BCUT2D eigenvalue weighted by atomic mass is 19.4. The van der Waals surface area contributed by atoms with Crippen molar-refractivity contribution < 1.29 is 18.0 Å². The maximum absolute atomic E-state index is 13.0. The van der Waals surface area contributed by atoms with Crippen molar-refractivity contribution in [3.8, 4) is 5.69 Å². The van der Waals surface area contributed by atoms with Crippen LogP contribution in [-0.2, 0) is 6.18 Å². The highest BCUT2D eigenvalue weighted by molar-refractivity contribution is 5.95. The maximum Gasteiger partial charge on any atom is 0.433 e. The van der Waals surface area contributed by atoms with Crippen molar-refractivity contribution in [2.75, 3.05) is 13.1 Å². The molecule has 128 valence electrons. The van der Waals surface area contributed by atoms with Crippen LogP contribution in [0.4, 0.5) is 13.2 Å². The summed E-state index contributed by atoms with van der Waals surface area (Å²) >= 11 is 0. The molecule has 8 heteroatoms. The standard InChI is InChI=1S/C16H17F3N4O/c17-16(18,19)14-6-7-21-23(14)12-4-1-3-11(9-12)15(24)22-8-2-5-13(22)10-20/h1,3-4,6-7,9,13H,2,5,8,10,20H2/t13-/m1/s1. The first-order chi connectivity index (χ1) is 11.4. The molecule has 2 aromatic rings. The Balaban J connectivity index is 1.93. The van der Waals surface area contributed by atoms with Gasteiger partial charge in [-0.25, -0.2) is 4.68 Å². The van der Waals surface area contributed by atoms with E-state index in [0.29, 0.717) is 18.7 Å². The number of aromatic nitrogens is 2. The number of nitrogens with two attached hydrogens (primary N) is 1. The van der Waals surface area contributed by atoms with Gasteiger partial charge in [-0.3, -0.25) is 4.79 Å². The van der Waals surface area contributed by atoms with Gasteiger partial charge in [-0.1, -0.05) is 6.07 Å². The molecule has 0 aliphatic carbocycles. The molecule has 1 aliphatic heterocycles. The lowest BCUT2D eigenvalue weighted by atomic mass is 10.1. The van der Waals surface area contributed by atoms with E-state index < -0.39 is 11.9 Å². The van der Waals surface area contributed by atoms with E-state index in [0.717, 1.165) is 29.8 Å². The summed E-state index contributed by atoms with van der Waals surface area (Å²) in [4.78, 5) is 14.3. The van der Waals surface area contributed by atoms with Crippen LogP contribution in [0.3, 0.4) is 0 Å². The second kappa shape index (κ2) is 6.27. The first-order valence-electron chi connectivity index (χ1n) is 7.64. The van der Waals surface area contributed by atoms with Gasteiger partial charge in [0.15, 0.2) is 0 Å². The maximum atomic E-state index is 13.0. The minimum absolute atomic E-state index is 0.0170. The Bertz CT molecular complexity index is 741. The Morgan fingerprint density at radius 2 is 2.12 bits per heavy atom. The van der Waals surface area contributed by atoms with Crippen LogP contribution in [0.15, 0.2) is 36.5 Å². The quantitative estimate of drug-likeness (QED) is 0.935. The molecule has 1 aromatic heterocycles. The molecule has 1 fully saturated rings. The van der Waals surface area contributed by atoms with Gasteiger partial charge in [0.2, 0.25) is 0 Å². The van der Waals surface area contributed by atoms with Crippen molar-refractivity contribution in [2.24, 2.45) is 5.73 Å². The summed E-state index contributed by atoms with van der Waals surface area (Å²) in [6, 6.07) is 6.95. The van der Waals surface area contributed by atoms with Crippen molar-refractivity contribution in [3.05, 3.63) is 47.8 Å². The summed E-state index contributed by atoms with van der Waals surface area (Å²) in [6.45, 7) is 0.989. The van der Waals surface area contributed by atoms with Crippen LogP contribution >= 0.6 is 0 Å². The Morgan fingerprint density at radius 1 is 1.33 bits per heavy atom. The molecule has 0 saturated carbocycles. The highest BCUT2D eigenvalue weighted by Crippen LogP contribution is 2.30. The fourth-order valence-corrected chi connectivity index (χ4v) is 3.01. The normalized spacial score (nSPS) is 18.2. The van der Waals surface area contributed by atoms with Gasteiger partial charge in [-0.2, -0.15) is 18.3 Å². The second-order valence-corrected chi connectivity index (χ2v) is 5.71. The lowest BCUT2D eigenvalue weighted by Gasteiger charge is -2.23. The van der Waals surface area contributed by atoms with Gasteiger partial charge in [0.1, 0.15) is 5.69 Å². The van der Waals surface area contributed by atoms with Gasteiger partial charge in [0, 0.05) is 24.7 Å². The molecule has 0 spiro atoms. The Hall–Kier alpha value is -2.35. The van der Waals surface area contributed by atoms with Gasteiger partial charge in [0.05, 0.1) is 11.9 Å². The number of hydrogen-bond donors (Lipinski definition) is 1. The third kappa shape index (κ3) is 3.01. The molecule has 24 heavy (non-hydrogen) atoms. The highest BCUT2D eigenvalue weighted by Gasteiger charge is 2.35. The van der Waals surface area contributed by atoms with Crippen LogP contribution in [0.1, 0.15) is 28.9 Å². The second-order valence-electron chi connectivity index (χ2n) is 5.71. The number of benzene rings is 1. The number of hydrogen-bond acceptors (Lipinski definition) is 3. The zero-order chi connectivity index (χ0) is 17.3. The molecular weight excluding hydrogens is 321 g/mol. The Kier molecular flexibility index (Phi) is 4.31. The number of alkyl halides is 3. The number of amides is 1. The summed E-state index contributed by atoms with van der Waals surface area (Å²) in [6.07, 6.45) is -1.71. The summed E-state index contributed by atoms with van der Waals surface area (Å²) < 4.78 is 39.9. The number of nitrogens with zero attached hydrogens (tertiary/aromatic N) is 3. The lowest BCUT2D eigenvalue weighted by molar-refractivity contribution is -0.142. The Labute approximate surface area is 136 Å². The van der Waals surface area contributed by atoms with Gasteiger partial charge >= 0.3 is 6.18 Å². The van der Waals surface area contributed by atoms with E-state index in [-0.39, 0.29) is 17.6 Å². The topological polar surface area (TPSA) is 64.2 Å². The molecule has 2 heterocycles. The molecular formula is C16H17F3N4O. The van der Waals surface area contributed by atoms with Crippen LogP contribution < -0.4 is 5.73 Å². The van der Waals surface area contributed by atoms with E-state index >= 15 is 0 Å². The van der Waals surface area contributed by atoms with E-state index in [9.17, 15) is 18.0 Å². The first kappa shape index (κ1) is 16.5. The SMILES string of the molecule is NC[C@H]1CCCN1C(=O)c1cccc(-n2nccc2C(F)(F)F)c1. The molecule has 1 saturated heterocycles. The molecule has 1 aliphatic rings. The summed E-state index contributed by atoms with van der Waals surface area (Å²) in [5.74, 6) is -0.217. The number of carbonyl (C=O) groups excluding carboxylic acids is 1. The fraction of sp³-hybridized carbons (Fsp3) is 0.375. The predicted octanol–water partition coefficient (Wildman–Crippen LogP) is 2.45. The van der Waals surface area contributed by atoms with E-state index in [1.54, 1.807) is 17.0 Å². The molecule has 0 bridgehead atoms. The zero-order valence-corrected chi connectivity index (χ0v) is 12.8. The molecule has 1 amide bonds. The van der Waals surface area contributed by atoms with Crippen molar-refractivity contribution in [3.63, 3.8) is 0 Å². The van der Waals surface area contributed by atoms with Crippen molar-refractivity contribution >= 4 is 5.91 Å². The average molecular weight is 338 g/mol. The molecule has 0 radical (unpaired) electrons. The van der Waals surface area contributed by atoms with Gasteiger partial charge in [-0.05, 0) is 37.1 Å². The number of likely N-dealkylation sites (tertiary alicyclic amines) is 1. The van der Waals surface area contributed by atoms with Crippen molar-refractivity contribution in [1.82, 2.24) is 14.7 Å². The molecule has 1 atom stereocenters. The summed E-state index contributed by atoms with van der Waals surface area (Å²) in [5, 5.41) is 3.73.